The summed E-state index contributed by atoms with van der Waals surface area (Å²) in [6.07, 6.45) is 4.76. The number of carboxylic acids is 1. The van der Waals surface area contributed by atoms with Gasteiger partial charge in [0.25, 0.3) is 0 Å². The molecule has 0 aromatic heterocycles. The fourth-order valence-electron chi connectivity index (χ4n) is 1.58. The van der Waals surface area contributed by atoms with E-state index < -0.39 is 5.97 Å². The van der Waals surface area contributed by atoms with Crippen LogP contribution in [0.15, 0.2) is 30.3 Å². The highest BCUT2D eigenvalue weighted by molar-refractivity contribution is 5.67. The van der Waals surface area contributed by atoms with Gasteiger partial charge in [0.1, 0.15) is 0 Å². The highest BCUT2D eigenvalue weighted by atomic mass is 16.5. The lowest BCUT2D eigenvalue weighted by Crippen LogP contribution is -2.03. The molecule has 3 heteroatoms. The molecule has 0 amide bonds. The Hall–Kier alpha value is -1.35. The van der Waals surface area contributed by atoms with Gasteiger partial charge in [0.2, 0.25) is 0 Å². The summed E-state index contributed by atoms with van der Waals surface area (Å²) in [6.45, 7) is 2.00. The second kappa shape index (κ2) is 8.76. The molecule has 0 saturated carbocycles. The van der Waals surface area contributed by atoms with Crippen molar-refractivity contribution < 1.29 is 14.6 Å². The van der Waals surface area contributed by atoms with E-state index in [2.05, 4.69) is 0 Å². The minimum Gasteiger partial charge on any atom is -0.481 e. The lowest BCUT2D eigenvalue weighted by molar-refractivity contribution is -0.136. The molecule has 0 aliphatic carbocycles. The summed E-state index contributed by atoms with van der Waals surface area (Å²) < 4.78 is 5.07. The molecule has 0 atom stereocenters. The first kappa shape index (κ1) is 13.7. The van der Waals surface area contributed by atoms with E-state index in [4.69, 9.17) is 9.84 Å². The average molecular weight is 236 g/mol. The molecule has 0 spiro atoms. The average Bonchev–Trinajstić information content (AvgIpc) is 2.40. The van der Waals surface area contributed by atoms with E-state index in [1.165, 1.54) is 19.3 Å². The molecule has 17 heavy (non-hydrogen) atoms. The summed E-state index contributed by atoms with van der Waals surface area (Å²) in [7, 11) is 0. The second-order valence-corrected chi connectivity index (χ2v) is 4.05. The molecule has 1 saturated heterocycles. The van der Waals surface area contributed by atoms with Crippen LogP contribution in [-0.4, -0.2) is 24.3 Å². The van der Waals surface area contributed by atoms with Crippen molar-refractivity contribution in [3.8, 4) is 0 Å². The number of rotatable bonds is 3. The van der Waals surface area contributed by atoms with Gasteiger partial charge in [-0.1, -0.05) is 30.3 Å². The van der Waals surface area contributed by atoms with E-state index >= 15 is 0 Å². The van der Waals surface area contributed by atoms with Crippen molar-refractivity contribution in [2.75, 3.05) is 13.2 Å². The lowest BCUT2D eigenvalue weighted by Gasteiger charge is -2.08. The summed E-state index contributed by atoms with van der Waals surface area (Å²) in [5, 5.41) is 8.37. The molecule has 2 rings (SSSR count). The first-order valence-corrected chi connectivity index (χ1v) is 6.12. The quantitative estimate of drug-likeness (QED) is 0.877. The van der Waals surface area contributed by atoms with Crippen LogP contribution in [-0.2, 0) is 16.0 Å². The summed E-state index contributed by atoms with van der Waals surface area (Å²) in [4.78, 5) is 10.2. The molecule has 0 unspecified atom stereocenters. The van der Waals surface area contributed by atoms with E-state index in [9.17, 15) is 4.79 Å². The smallest absolute Gasteiger partial charge is 0.303 e. The minimum atomic E-state index is -0.742. The van der Waals surface area contributed by atoms with Gasteiger partial charge in [-0.05, 0) is 31.2 Å². The molecule has 1 N–H and O–H groups in total. The molecule has 1 fully saturated rings. The van der Waals surface area contributed by atoms with Crippen LogP contribution in [0.4, 0.5) is 0 Å². The third kappa shape index (κ3) is 7.53. The molecule has 1 aliphatic heterocycles. The predicted molar refractivity (Wildman–Crippen MR) is 67.1 cm³/mol. The fourth-order valence-corrected chi connectivity index (χ4v) is 1.58. The molecule has 94 valence electrons. The van der Waals surface area contributed by atoms with Crippen LogP contribution in [0, 0.1) is 0 Å². The number of carbonyl (C=O) groups is 1. The Labute approximate surface area is 102 Å². The lowest BCUT2D eigenvalue weighted by atomic mass is 10.1. The maximum Gasteiger partial charge on any atom is 0.303 e. The fraction of sp³-hybridized carbons (Fsp3) is 0.500. The van der Waals surface area contributed by atoms with Crippen LogP contribution < -0.4 is 0 Å². The van der Waals surface area contributed by atoms with E-state index in [0.29, 0.717) is 6.42 Å². The van der Waals surface area contributed by atoms with E-state index in [-0.39, 0.29) is 6.42 Å². The Balaban J connectivity index is 0.000000202. The maximum atomic E-state index is 10.2. The Morgan fingerprint density at radius 2 is 1.76 bits per heavy atom. The number of benzene rings is 1. The van der Waals surface area contributed by atoms with Crippen molar-refractivity contribution in [2.45, 2.75) is 32.1 Å². The van der Waals surface area contributed by atoms with Gasteiger partial charge in [-0.25, -0.2) is 0 Å². The molecular weight excluding hydrogens is 216 g/mol. The van der Waals surface area contributed by atoms with Crippen LogP contribution in [0.2, 0.25) is 0 Å². The zero-order valence-electron chi connectivity index (χ0n) is 10.1. The van der Waals surface area contributed by atoms with Crippen LogP contribution >= 0.6 is 0 Å². The number of carboxylic acid groups (broad SMARTS) is 1. The van der Waals surface area contributed by atoms with Crippen LogP contribution in [0.5, 0.6) is 0 Å². The van der Waals surface area contributed by atoms with E-state index in [1.54, 1.807) is 0 Å². The second-order valence-electron chi connectivity index (χ2n) is 4.05. The molecular formula is C14H20O3. The van der Waals surface area contributed by atoms with E-state index in [0.717, 1.165) is 18.8 Å². The van der Waals surface area contributed by atoms with Gasteiger partial charge in [0.15, 0.2) is 0 Å². The van der Waals surface area contributed by atoms with Crippen molar-refractivity contribution >= 4 is 5.97 Å². The number of aryl methyl sites for hydroxylation is 1. The molecule has 1 aromatic rings. The maximum absolute atomic E-state index is 10.2. The van der Waals surface area contributed by atoms with Crippen molar-refractivity contribution in [1.82, 2.24) is 0 Å². The van der Waals surface area contributed by atoms with Gasteiger partial charge < -0.3 is 9.84 Å². The van der Waals surface area contributed by atoms with Gasteiger partial charge in [-0.15, -0.1) is 0 Å². The van der Waals surface area contributed by atoms with Gasteiger partial charge in [0.05, 0.1) is 0 Å². The first-order chi connectivity index (χ1) is 8.29. The zero-order chi connectivity index (χ0) is 12.3. The molecule has 1 aliphatic rings. The first-order valence-electron chi connectivity index (χ1n) is 6.12. The van der Waals surface area contributed by atoms with Crippen LogP contribution in [0.25, 0.3) is 0 Å². The zero-order valence-corrected chi connectivity index (χ0v) is 10.1. The van der Waals surface area contributed by atoms with Crippen molar-refractivity contribution in [2.24, 2.45) is 0 Å². The molecule has 1 aromatic carbocycles. The normalized spacial score (nSPS) is 14.6. The Morgan fingerprint density at radius 3 is 2.18 bits per heavy atom. The molecule has 3 nitrogen and oxygen atoms in total. The largest absolute Gasteiger partial charge is 0.481 e. The molecule has 1 heterocycles. The highest BCUT2D eigenvalue weighted by Gasteiger charge is 1.96. The van der Waals surface area contributed by atoms with Crippen LogP contribution in [0.3, 0.4) is 0 Å². The van der Waals surface area contributed by atoms with Gasteiger partial charge in [0, 0.05) is 19.6 Å². The number of aliphatic carboxylic acids is 1. The molecule has 0 radical (unpaired) electrons. The van der Waals surface area contributed by atoms with Crippen molar-refractivity contribution in [3.63, 3.8) is 0 Å². The third-order valence-electron chi connectivity index (χ3n) is 2.55. The third-order valence-corrected chi connectivity index (χ3v) is 2.55. The highest BCUT2D eigenvalue weighted by Crippen LogP contribution is 2.02. The van der Waals surface area contributed by atoms with Crippen LogP contribution in [0.1, 0.15) is 31.2 Å². The van der Waals surface area contributed by atoms with Gasteiger partial charge in [-0.3, -0.25) is 4.79 Å². The Kier molecular flexibility index (Phi) is 7.07. The van der Waals surface area contributed by atoms with Gasteiger partial charge >= 0.3 is 5.97 Å². The summed E-state index contributed by atoms with van der Waals surface area (Å²) in [5.41, 5.74) is 1.08. The predicted octanol–water partition coefficient (Wildman–Crippen LogP) is 2.89. The van der Waals surface area contributed by atoms with Gasteiger partial charge in [-0.2, -0.15) is 0 Å². The standard InChI is InChI=1S/C9H10O2.C5H10O/c10-9(11)7-6-8-4-2-1-3-5-8;1-2-4-6-5-3-1/h1-5H,6-7H2,(H,10,11);1-5H2. The summed E-state index contributed by atoms with van der Waals surface area (Å²) in [6, 6.07) is 9.62. The monoisotopic (exact) mass is 236 g/mol. The number of hydrogen-bond donors (Lipinski definition) is 1. The Bertz CT molecular complexity index is 293. The Morgan fingerprint density at radius 1 is 1.12 bits per heavy atom. The van der Waals surface area contributed by atoms with Crippen molar-refractivity contribution in [3.05, 3.63) is 35.9 Å². The summed E-state index contributed by atoms with van der Waals surface area (Å²) >= 11 is 0. The SMILES string of the molecule is C1CCOCC1.O=C(O)CCc1ccccc1. The van der Waals surface area contributed by atoms with Crippen molar-refractivity contribution in [1.29, 1.82) is 0 Å². The number of hydrogen-bond acceptors (Lipinski definition) is 2. The summed E-state index contributed by atoms with van der Waals surface area (Å²) in [5.74, 6) is -0.742. The topological polar surface area (TPSA) is 46.5 Å². The number of ether oxygens (including phenoxy) is 1. The minimum absolute atomic E-state index is 0.212. The molecule has 0 bridgehead atoms. The van der Waals surface area contributed by atoms with E-state index in [1.807, 2.05) is 30.3 Å².